The molecule has 0 aliphatic carbocycles. The fraction of sp³-hybridized carbons (Fsp3) is 0. The Bertz CT molecular complexity index is 626. The number of anilines is 1. The Morgan fingerprint density at radius 2 is 1.63 bits per heavy atom. The van der Waals surface area contributed by atoms with Crippen molar-refractivity contribution >= 4 is 46.4 Å². The Kier molecular flexibility index (Phi) is 4.30. The molecule has 0 spiro atoms. The Balaban J connectivity index is 2.25. The van der Waals surface area contributed by atoms with Crippen molar-refractivity contribution in [2.75, 3.05) is 5.32 Å². The molecule has 6 heteroatoms. The number of carbonyl (C=O) groups excluding carboxylic acids is 1. The molecule has 0 bridgehead atoms. The van der Waals surface area contributed by atoms with Crippen LogP contribution in [-0.2, 0) is 0 Å². The number of benzene rings is 2. The number of halogens is 4. The van der Waals surface area contributed by atoms with Crippen LogP contribution < -0.4 is 5.32 Å². The molecule has 2 rings (SSSR count). The van der Waals surface area contributed by atoms with E-state index in [0.29, 0.717) is 15.7 Å². The molecule has 98 valence electrons. The normalized spacial score (nSPS) is 10.3. The molecule has 0 atom stereocenters. The summed E-state index contributed by atoms with van der Waals surface area (Å²) in [6.45, 7) is 0. The largest absolute Gasteiger partial charge is 0.322 e. The van der Waals surface area contributed by atoms with Crippen LogP contribution in [0.5, 0.6) is 0 Å². The fourth-order valence-corrected chi connectivity index (χ4v) is 2.28. The van der Waals surface area contributed by atoms with E-state index in [1.807, 2.05) is 0 Å². The first-order valence-corrected chi connectivity index (χ1v) is 6.31. The van der Waals surface area contributed by atoms with Crippen LogP contribution in [0.2, 0.25) is 15.1 Å². The van der Waals surface area contributed by atoms with Gasteiger partial charge in [0.1, 0.15) is 5.82 Å². The lowest BCUT2D eigenvalue weighted by Crippen LogP contribution is -2.12. The number of carbonyl (C=O) groups is 1. The van der Waals surface area contributed by atoms with Crippen molar-refractivity contribution in [3.8, 4) is 0 Å². The highest BCUT2D eigenvalue weighted by Gasteiger charge is 2.11. The molecule has 0 radical (unpaired) electrons. The first-order chi connectivity index (χ1) is 8.95. The third kappa shape index (κ3) is 3.60. The molecule has 0 saturated heterocycles. The number of nitrogens with one attached hydrogen (secondary N) is 1. The highest BCUT2D eigenvalue weighted by molar-refractivity contribution is 6.36. The molecule has 0 saturated carbocycles. The highest BCUT2D eigenvalue weighted by Crippen LogP contribution is 2.24. The second-order valence-corrected chi connectivity index (χ2v) is 5.02. The monoisotopic (exact) mass is 317 g/mol. The van der Waals surface area contributed by atoms with E-state index < -0.39 is 11.7 Å². The van der Waals surface area contributed by atoms with Gasteiger partial charge in [-0.15, -0.1) is 0 Å². The van der Waals surface area contributed by atoms with Gasteiger partial charge in [-0.1, -0.05) is 34.8 Å². The maximum atomic E-state index is 12.9. The van der Waals surface area contributed by atoms with Gasteiger partial charge in [0, 0.05) is 15.7 Å². The van der Waals surface area contributed by atoms with Gasteiger partial charge in [-0.05, 0) is 36.4 Å². The molecular formula is C13H7Cl3FNO. The van der Waals surface area contributed by atoms with Crippen LogP contribution in [-0.4, -0.2) is 5.91 Å². The molecule has 0 aliphatic rings. The van der Waals surface area contributed by atoms with Gasteiger partial charge in [-0.25, -0.2) is 4.39 Å². The Labute approximate surface area is 124 Å². The standard InChI is InChI=1S/C13H7Cl3FNO/c14-7-3-8(15)5-10(4-7)18-13(19)11-2-1-9(17)6-12(11)16/h1-6H,(H,18,19). The molecule has 0 heterocycles. The second-order valence-electron chi connectivity index (χ2n) is 3.74. The molecule has 2 aromatic carbocycles. The van der Waals surface area contributed by atoms with Crippen molar-refractivity contribution < 1.29 is 9.18 Å². The predicted molar refractivity (Wildman–Crippen MR) is 75.8 cm³/mol. The molecule has 2 nitrogen and oxygen atoms in total. The zero-order chi connectivity index (χ0) is 14.0. The molecule has 2 aromatic rings. The molecule has 0 fully saturated rings. The summed E-state index contributed by atoms with van der Waals surface area (Å²) in [4.78, 5) is 12.0. The van der Waals surface area contributed by atoms with E-state index in [4.69, 9.17) is 34.8 Å². The zero-order valence-corrected chi connectivity index (χ0v) is 11.7. The Hall–Kier alpha value is -1.29. The van der Waals surface area contributed by atoms with E-state index in [2.05, 4.69) is 5.32 Å². The molecule has 1 amide bonds. The summed E-state index contributed by atoms with van der Waals surface area (Å²) in [5, 5.41) is 3.41. The van der Waals surface area contributed by atoms with E-state index >= 15 is 0 Å². The van der Waals surface area contributed by atoms with Crippen LogP contribution in [0.3, 0.4) is 0 Å². The average molecular weight is 319 g/mol. The van der Waals surface area contributed by atoms with Gasteiger partial charge in [0.15, 0.2) is 0 Å². The third-order valence-electron chi connectivity index (χ3n) is 2.30. The number of rotatable bonds is 2. The molecule has 1 N–H and O–H groups in total. The summed E-state index contributed by atoms with van der Waals surface area (Å²) in [6.07, 6.45) is 0. The van der Waals surface area contributed by atoms with Crippen molar-refractivity contribution in [1.29, 1.82) is 0 Å². The number of hydrogen-bond acceptors (Lipinski definition) is 1. The van der Waals surface area contributed by atoms with Crippen LogP contribution in [0.25, 0.3) is 0 Å². The summed E-state index contributed by atoms with van der Waals surface area (Å²) in [5.41, 5.74) is 0.599. The average Bonchev–Trinajstić information content (AvgIpc) is 2.26. The Morgan fingerprint density at radius 1 is 1.00 bits per heavy atom. The van der Waals surface area contributed by atoms with Gasteiger partial charge in [0.2, 0.25) is 0 Å². The molecule has 0 aromatic heterocycles. The quantitative estimate of drug-likeness (QED) is 0.826. The summed E-state index contributed by atoms with van der Waals surface area (Å²) >= 11 is 17.4. The van der Waals surface area contributed by atoms with Crippen molar-refractivity contribution in [3.05, 3.63) is 62.8 Å². The van der Waals surface area contributed by atoms with E-state index in [0.717, 1.165) is 12.1 Å². The van der Waals surface area contributed by atoms with E-state index in [1.165, 1.54) is 6.07 Å². The van der Waals surface area contributed by atoms with Gasteiger partial charge in [0.25, 0.3) is 5.91 Å². The van der Waals surface area contributed by atoms with Crippen molar-refractivity contribution in [3.63, 3.8) is 0 Å². The maximum absolute atomic E-state index is 12.9. The summed E-state index contributed by atoms with van der Waals surface area (Å²) in [5.74, 6) is -0.976. The van der Waals surface area contributed by atoms with Crippen LogP contribution >= 0.6 is 34.8 Å². The first kappa shape index (κ1) is 14.1. The molecule has 0 aliphatic heterocycles. The van der Waals surface area contributed by atoms with Gasteiger partial charge in [-0.3, -0.25) is 4.79 Å². The molecule has 19 heavy (non-hydrogen) atoms. The topological polar surface area (TPSA) is 29.1 Å². The number of hydrogen-bond donors (Lipinski definition) is 1. The van der Waals surface area contributed by atoms with Crippen molar-refractivity contribution in [2.45, 2.75) is 0 Å². The molecular weight excluding hydrogens is 312 g/mol. The van der Waals surface area contributed by atoms with E-state index in [1.54, 1.807) is 18.2 Å². The van der Waals surface area contributed by atoms with Crippen molar-refractivity contribution in [2.24, 2.45) is 0 Å². The van der Waals surface area contributed by atoms with Crippen LogP contribution in [0, 0.1) is 5.82 Å². The SMILES string of the molecule is O=C(Nc1cc(Cl)cc(Cl)c1)c1ccc(F)cc1Cl. The minimum atomic E-state index is -0.507. The van der Waals surface area contributed by atoms with Gasteiger partial charge in [0.05, 0.1) is 10.6 Å². The lowest BCUT2D eigenvalue weighted by atomic mass is 10.2. The fourth-order valence-electron chi connectivity index (χ4n) is 1.50. The van der Waals surface area contributed by atoms with Gasteiger partial charge in [-0.2, -0.15) is 0 Å². The first-order valence-electron chi connectivity index (χ1n) is 5.18. The lowest BCUT2D eigenvalue weighted by Gasteiger charge is -2.07. The van der Waals surface area contributed by atoms with Gasteiger partial charge < -0.3 is 5.32 Å². The number of amides is 1. The second kappa shape index (κ2) is 5.78. The third-order valence-corrected chi connectivity index (χ3v) is 3.05. The Morgan fingerprint density at radius 3 is 2.21 bits per heavy atom. The van der Waals surface area contributed by atoms with E-state index in [9.17, 15) is 9.18 Å². The molecule has 0 unspecified atom stereocenters. The predicted octanol–water partition coefficient (Wildman–Crippen LogP) is 5.04. The minimum absolute atomic E-state index is 0.0330. The van der Waals surface area contributed by atoms with Crippen LogP contribution in [0.15, 0.2) is 36.4 Å². The summed E-state index contributed by atoms with van der Waals surface area (Å²) < 4.78 is 12.9. The van der Waals surface area contributed by atoms with Crippen LogP contribution in [0.1, 0.15) is 10.4 Å². The van der Waals surface area contributed by atoms with Crippen LogP contribution in [0.4, 0.5) is 10.1 Å². The summed E-state index contributed by atoms with van der Waals surface area (Å²) in [6, 6.07) is 8.17. The van der Waals surface area contributed by atoms with E-state index in [-0.39, 0.29) is 10.6 Å². The minimum Gasteiger partial charge on any atom is -0.322 e. The smallest absolute Gasteiger partial charge is 0.257 e. The summed E-state index contributed by atoms with van der Waals surface area (Å²) in [7, 11) is 0. The van der Waals surface area contributed by atoms with Gasteiger partial charge >= 0.3 is 0 Å². The van der Waals surface area contributed by atoms with Crippen molar-refractivity contribution in [1.82, 2.24) is 0 Å². The highest BCUT2D eigenvalue weighted by atomic mass is 35.5. The maximum Gasteiger partial charge on any atom is 0.257 e. The lowest BCUT2D eigenvalue weighted by molar-refractivity contribution is 0.102. The zero-order valence-electron chi connectivity index (χ0n) is 9.38.